The van der Waals surface area contributed by atoms with Gasteiger partial charge in [0.15, 0.2) is 0 Å². The minimum atomic E-state index is -0.146. The lowest BCUT2D eigenvalue weighted by Crippen LogP contribution is -2.32. The van der Waals surface area contributed by atoms with E-state index in [1.54, 1.807) is 24.3 Å². The van der Waals surface area contributed by atoms with Gasteiger partial charge >= 0.3 is 0 Å². The molecule has 0 saturated heterocycles. The molecule has 0 fully saturated rings. The first-order valence-electron chi connectivity index (χ1n) is 7.93. The topological polar surface area (TPSA) is 64.9 Å². The number of nitrogens with zero attached hydrogens (tertiary/aromatic N) is 2. The van der Waals surface area contributed by atoms with E-state index in [9.17, 15) is 9.90 Å². The van der Waals surface area contributed by atoms with E-state index in [1.165, 1.54) is 28.5 Å². The number of hydrogen-bond donors (Lipinski definition) is 2. The second-order valence-electron chi connectivity index (χ2n) is 6.24. The van der Waals surface area contributed by atoms with Crippen molar-refractivity contribution in [3.05, 3.63) is 64.2 Å². The molecule has 0 bridgehead atoms. The van der Waals surface area contributed by atoms with Crippen LogP contribution in [0.3, 0.4) is 0 Å². The number of phenols is 1. The van der Waals surface area contributed by atoms with Crippen LogP contribution in [-0.2, 0) is 17.9 Å². The molecular weight excluding hydrogens is 302 g/mol. The molecule has 1 heterocycles. The van der Waals surface area contributed by atoms with Gasteiger partial charge in [-0.3, -0.25) is 9.69 Å². The Labute approximate surface area is 141 Å². The van der Waals surface area contributed by atoms with Crippen molar-refractivity contribution in [1.82, 2.24) is 10.3 Å². The summed E-state index contributed by atoms with van der Waals surface area (Å²) in [4.78, 5) is 14.1. The Kier molecular flexibility index (Phi) is 4.62. The van der Waals surface area contributed by atoms with Gasteiger partial charge in [-0.15, -0.1) is 0 Å². The molecule has 0 saturated carbocycles. The van der Waals surface area contributed by atoms with Crippen molar-refractivity contribution in [2.45, 2.75) is 26.9 Å². The van der Waals surface area contributed by atoms with Crippen LogP contribution < -0.4 is 5.43 Å². The summed E-state index contributed by atoms with van der Waals surface area (Å²) in [5, 5.41) is 13.3. The summed E-state index contributed by atoms with van der Waals surface area (Å²) < 4.78 is 0. The van der Waals surface area contributed by atoms with Gasteiger partial charge in [0.25, 0.3) is 5.91 Å². The molecule has 2 aromatic carbocycles. The van der Waals surface area contributed by atoms with Crippen molar-refractivity contribution in [1.29, 1.82) is 0 Å². The molecule has 1 aliphatic heterocycles. The van der Waals surface area contributed by atoms with E-state index < -0.39 is 0 Å². The Morgan fingerprint density at radius 2 is 1.88 bits per heavy atom. The van der Waals surface area contributed by atoms with Crippen LogP contribution in [0, 0.1) is 13.8 Å². The Balaban J connectivity index is 1.53. The van der Waals surface area contributed by atoms with Crippen LogP contribution in [0.2, 0.25) is 0 Å². The molecule has 1 amide bonds. The largest absolute Gasteiger partial charge is 0.508 e. The predicted octanol–water partition coefficient (Wildman–Crippen LogP) is 2.47. The monoisotopic (exact) mass is 323 g/mol. The summed E-state index contributed by atoms with van der Waals surface area (Å²) in [6.07, 6.45) is 1.52. The number of aromatic hydroxyl groups is 1. The number of benzene rings is 2. The number of nitrogens with one attached hydrogen (secondary N) is 1. The van der Waals surface area contributed by atoms with Crippen LogP contribution in [0.5, 0.6) is 5.75 Å². The van der Waals surface area contributed by atoms with Gasteiger partial charge < -0.3 is 5.11 Å². The molecule has 0 aliphatic carbocycles. The maximum absolute atomic E-state index is 12.0. The predicted molar refractivity (Wildman–Crippen MR) is 93.9 cm³/mol. The standard InChI is InChI=1S/C19H21N3O2/c1-13-6-16-10-22(11-17(16)7-14(13)2)12-19(24)21-20-9-15-4-3-5-18(23)8-15/h3-9,23H,10-12H2,1-2H3,(H,21,24)/b20-9-. The summed E-state index contributed by atoms with van der Waals surface area (Å²) in [7, 11) is 0. The molecule has 0 atom stereocenters. The highest BCUT2D eigenvalue weighted by Crippen LogP contribution is 2.25. The first kappa shape index (κ1) is 16.2. The number of aryl methyl sites for hydroxylation is 2. The molecule has 124 valence electrons. The molecule has 24 heavy (non-hydrogen) atoms. The normalized spacial score (nSPS) is 14.1. The SMILES string of the molecule is Cc1cc2c(cc1C)CN(CC(=O)N/N=C\c1cccc(O)c1)C2. The molecule has 2 aromatic rings. The van der Waals surface area contributed by atoms with Gasteiger partial charge in [-0.1, -0.05) is 24.3 Å². The molecule has 0 aromatic heterocycles. The fourth-order valence-corrected chi connectivity index (χ4v) is 2.90. The fraction of sp³-hybridized carbons (Fsp3) is 0.263. The van der Waals surface area contributed by atoms with E-state index >= 15 is 0 Å². The molecule has 0 radical (unpaired) electrons. The summed E-state index contributed by atoms with van der Waals surface area (Å²) in [6, 6.07) is 11.1. The molecule has 5 nitrogen and oxygen atoms in total. The van der Waals surface area contributed by atoms with Crippen molar-refractivity contribution in [3.63, 3.8) is 0 Å². The Bertz CT molecular complexity index is 768. The molecule has 3 rings (SSSR count). The third kappa shape index (κ3) is 3.81. The van der Waals surface area contributed by atoms with E-state index in [2.05, 4.69) is 41.4 Å². The minimum absolute atomic E-state index is 0.146. The molecular formula is C19H21N3O2. The van der Waals surface area contributed by atoms with Gasteiger partial charge in [0.2, 0.25) is 0 Å². The van der Waals surface area contributed by atoms with E-state index in [1.807, 2.05) is 0 Å². The Morgan fingerprint density at radius 1 is 1.21 bits per heavy atom. The van der Waals surface area contributed by atoms with Crippen molar-refractivity contribution in [3.8, 4) is 5.75 Å². The van der Waals surface area contributed by atoms with Crippen molar-refractivity contribution in [2.75, 3.05) is 6.54 Å². The number of hydrogen-bond acceptors (Lipinski definition) is 4. The molecule has 5 heteroatoms. The number of phenolic OH excluding ortho intramolecular Hbond substituents is 1. The van der Waals surface area contributed by atoms with Crippen LogP contribution in [0.1, 0.15) is 27.8 Å². The summed E-state index contributed by atoms with van der Waals surface area (Å²) in [5.74, 6) is 0.0262. The van der Waals surface area contributed by atoms with E-state index in [0.29, 0.717) is 6.54 Å². The minimum Gasteiger partial charge on any atom is -0.508 e. The van der Waals surface area contributed by atoms with Gasteiger partial charge in [-0.25, -0.2) is 5.43 Å². The zero-order valence-corrected chi connectivity index (χ0v) is 13.9. The Morgan fingerprint density at radius 3 is 2.50 bits per heavy atom. The molecule has 1 aliphatic rings. The van der Waals surface area contributed by atoms with Crippen LogP contribution in [0.15, 0.2) is 41.5 Å². The molecule has 2 N–H and O–H groups in total. The lowest BCUT2D eigenvalue weighted by Gasteiger charge is -2.12. The van der Waals surface area contributed by atoms with Gasteiger partial charge in [-0.05, 0) is 53.8 Å². The number of rotatable bonds is 4. The smallest absolute Gasteiger partial charge is 0.254 e. The van der Waals surface area contributed by atoms with Gasteiger partial charge in [0.05, 0.1) is 12.8 Å². The fourth-order valence-electron chi connectivity index (χ4n) is 2.90. The van der Waals surface area contributed by atoms with Crippen molar-refractivity contribution < 1.29 is 9.90 Å². The molecule has 0 unspecified atom stereocenters. The molecule has 0 spiro atoms. The zero-order chi connectivity index (χ0) is 17.1. The van der Waals surface area contributed by atoms with Gasteiger partial charge in [0.1, 0.15) is 5.75 Å². The quantitative estimate of drug-likeness (QED) is 0.671. The second kappa shape index (κ2) is 6.84. The van der Waals surface area contributed by atoms with Crippen LogP contribution in [0.4, 0.5) is 0 Å². The average molecular weight is 323 g/mol. The highest BCUT2D eigenvalue weighted by atomic mass is 16.3. The zero-order valence-electron chi connectivity index (χ0n) is 13.9. The van der Waals surface area contributed by atoms with Crippen LogP contribution >= 0.6 is 0 Å². The maximum atomic E-state index is 12.0. The van der Waals surface area contributed by atoms with Crippen molar-refractivity contribution in [2.24, 2.45) is 5.10 Å². The average Bonchev–Trinajstić information content (AvgIpc) is 2.89. The lowest BCUT2D eigenvalue weighted by molar-refractivity contribution is -0.122. The number of hydrazone groups is 1. The number of carbonyl (C=O) groups is 1. The van der Waals surface area contributed by atoms with E-state index in [4.69, 9.17) is 0 Å². The van der Waals surface area contributed by atoms with Gasteiger partial charge in [0, 0.05) is 13.1 Å². The highest BCUT2D eigenvalue weighted by Gasteiger charge is 2.21. The number of fused-ring (bicyclic) bond motifs is 1. The van der Waals surface area contributed by atoms with Gasteiger partial charge in [-0.2, -0.15) is 5.10 Å². The first-order valence-corrected chi connectivity index (χ1v) is 7.93. The van der Waals surface area contributed by atoms with Crippen molar-refractivity contribution >= 4 is 12.1 Å². The summed E-state index contributed by atoms with van der Waals surface area (Å²) >= 11 is 0. The summed E-state index contributed by atoms with van der Waals surface area (Å²) in [5.41, 5.74) is 8.44. The third-order valence-corrected chi connectivity index (χ3v) is 4.24. The lowest BCUT2D eigenvalue weighted by atomic mass is 10.0. The maximum Gasteiger partial charge on any atom is 0.254 e. The summed E-state index contributed by atoms with van der Waals surface area (Å²) in [6.45, 7) is 6.12. The third-order valence-electron chi connectivity index (χ3n) is 4.24. The van der Waals surface area contributed by atoms with E-state index in [0.717, 1.165) is 18.7 Å². The number of amides is 1. The number of carbonyl (C=O) groups excluding carboxylic acids is 1. The van der Waals surface area contributed by atoms with Crippen LogP contribution in [-0.4, -0.2) is 28.7 Å². The first-order chi connectivity index (χ1) is 11.5. The highest BCUT2D eigenvalue weighted by molar-refractivity contribution is 5.83. The van der Waals surface area contributed by atoms with E-state index in [-0.39, 0.29) is 11.7 Å². The second-order valence-corrected chi connectivity index (χ2v) is 6.24. The Hall–Kier alpha value is -2.66. The van der Waals surface area contributed by atoms with Crippen LogP contribution in [0.25, 0.3) is 0 Å².